The van der Waals surface area contributed by atoms with Gasteiger partial charge in [-0.2, -0.15) is 0 Å². The lowest BCUT2D eigenvalue weighted by Crippen LogP contribution is -2.50. The van der Waals surface area contributed by atoms with Gasteiger partial charge >= 0.3 is 6.03 Å². The molecule has 0 bridgehead atoms. The van der Waals surface area contributed by atoms with Crippen LogP contribution in [0.4, 0.5) is 4.79 Å². The SMILES string of the molecule is CC1CC(NC(=O)NC2CCC2)CCO1. The molecular formula is C11H20N2O2. The zero-order valence-corrected chi connectivity index (χ0v) is 9.29. The van der Waals surface area contributed by atoms with Crippen LogP contribution >= 0.6 is 0 Å². The van der Waals surface area contributed by atoms with Crippen LogP contribution in [0.3, 0.4) is 0 Å². The van der Waals surface area contributed by atoms with Crippen molar-refractivity contribution >= 4 is 6.03 Å². The minimum Gasteiger partial charge on any atom is -0.378 e. The van der Waals surface area contributed by atoms with Gasteiger partial charge in [0.2, 0.25) is 0 Å². The van der Waals surface area contributed by atoms with Crippen LogP contribution < -0.4 is 10.6 Å². The fourth-order valence-electron chi connectivity index (χ4n) is 2.09. The van der Waals surface area contributed by atoms with Gasteiger partial charge in [-0.3, -0.25) is 0 Å². The van der Waals surface area contributed by atoms with E-state index in [0.717, 1.165) is 32.3 Å². The number of amides is 2. The summed E-state index contributed by atoms with van der Waals surface area (Å²) in [4.78, 5) is 11.6. The predicted molar refractivity (Wildman–Crippen MR) is 57.7 cm³/mol. The van der Waals surface area contributed by atoms with E-state index in [0.29, 0.717) is 6.04 Å². The summed E-state index contributed by atoms with van der Waals surface area (Å²) in [5.74, 6) is 0. The largest absolute Gasteiger partial charge is 0.378 e. The molecule has 1 heterocycles. The molecule has 2 fully saturated rings. The van der Waals surface area contributed by atoms with Crippen molar-refractivity contribution in [1.82, 2.24) is 10.6 Å². The lowest BCUT2D eigenvalue weighted by Gasteiger charge is -2.30. The van der Waals surface area contributed by atoms with Gasteiger partial charge < -0.3 is 15.4 Å². The first-order valence-electron chi connectivity index (χ1n) is 5.92. The maximum atomic E-state index is 11.6. The van der Waals surface area contributed by atoms with E-state index in [1.54, 1.807) is 0 Å². The molecule has 2 aliphatic rings. The molecule has 4 heteroatoms. The van der Waals surface area contributed by atoms with E-state index in [-0.39, 0.29) is 18.2 Å². The monoisotopic (exact) mass is 212 g/mol. The molecule has 1 saturated carbocycles. The van der Waals surface area contributed by atoms with Crippen LogP contribution in [0.1, 0.15) is 39.0 Å². The highest BCUT2D eigenvalue weighted by atomic mass is 16.5. The molecule has 0 radical (unpaired) electrons. The van der Waals surface area contributed by atoms with Crippen molar-refractivity contribution in [3.05, 3.63) is 0 Å². The second kappa shape index (κ2) is 4.84. The fourth-order valence-corrected chi connectivity index (χ4v) is 2.09. The van der Waals surface area contributed by atoms with Crippen LogP contribution in [0.2, 0.25) is 0 Å². The first kappa shape index (κ1) is 10.7. The van der Waals surface area contributed by atoms with Crippen LogP contribution in [0.5, 0.6) is 0 Å². The molecule has 1 aliphatic carbocycles. The van der Waals surface area contributed by atoms with Gasteiger partial charge in [0.05, 0.1) is 6.10 Å². The van der Waals surface area contributed by atoms with Crippen LogP contribution in [-0.2, 0) is 4.74 Å². The summed E-state index contributed by atoms with van der Waals surface area (Å²) in [5.41, 5.74) is 0. The van der Waals surface area contributed by atoms with Gasteiger partial charge in [0.1, 0.15) is 0 Å². The molecule has 2 unspecified atom stereocenters. The second-order valence-electron chi connectivity index (χ2n) is 4.65. The first-order chi connectivity index (χ1) is 7.24. The van der Waals surface area contributed by atoms with E-state index in [1.165, 1.54) is 6.42 Å². The highest BCUT2D eigenvalue weighted by Crippen LogP contribution is 2.18. The van der Waals surface area contributed by atoms with Crippen molar-refractivity contribution in [3.8, 4) is 0 Å². The Bertz CT molecular complexity index is 229. The quantitative estimate of drug-likeness (QED) is 0.727. The number of rotatable bonds is 2. The minimum absolute atomic E-state index is 0.00111. The van der Waals surface area contributed by atoms with E-state index in [4.69, 9.17) is 4.74 Å². The molecule has 2 N–H and O–H groups in total. The Morgan fingerprint density at radius 2 is 1.93 bits per heavy atom. The molecule has 1 aliphatic heterocycles. The van der Waals surface area contributed by atoms with E-state index in [9.17, 15) is 4.79 Å². The molecule has 0 aromatic heterocycles. The van der Waals surface area contributed by atoms with Crippen molar-refractivity contribution < 1.29 is 9.53 Å². The molecule has 4 nitrogen and oxygen atoms in total. The zero-order chi connectivity index (χ0) is 10.7. The normalized spacial score (nSPS) is 31.8. The van der Waals surface area contributed by atoms with Gasteiger partial charge in [0, 0.05) is 18.7 Å². The molecule has 0 aromatic rings. The average Bonchev–Trinajstić information content (AvgIpc) is 2.11. The van der Waals surface area contributed by atoms with Crippen LogP contribution in [-0.4, -0.2) is 30.8 Å². The highest BCUT2D eigenvalue weighted by molar-refractivity contribution is 5.74. The number of ether oxygens (including phenoxy) is 1. The molecule has 2 atom stereocenters. The Labute approximate surface area is 90.8 Å². The van der Waals surface area contributed by atoms with Crippen molar-refractivity contribution in [1.29, 1.82) is 0 Å². The number of carbonyl (C=O) groups is 1. The van der Waals surface area contributed by atoms with E-state index in [1.807, 2.05) is 0 Å². The summed E-state index contributed by atoms with van der Waals surface area (Å²) in [6.45, 7) is 2.81. The van der Waals surface area contributed by atoms with Gasteiger partial charge in [0.15, 0.2) is 0 Å². The second-order valence-corrected chi connectivity index (χ2v) is 4.65. The molecule has 0 spiro atoms. The van der Waals surface area contributed by atoms with Crippen molar-refractivity contribution in [2.75, 3.05) is 6.61 Å². The lowest BCUT2D eigenvalue weighted by molar-refractivity contribution is 0.0153. The topological polar surface area (TPSA) is 50.4 Å². The van der Waals surface area contributed by atoms with E-state index >= 15 is 0 Å². The van der Waals surface area contributed by atoms with Crippen molar-refractivity contribution in [2.45, 2.75) is 57.2 Å². The Morgan fingerprint density at radius 1 is 1.20 bits per heavy atom. The minimum atomic E-state index is -0.00111. The summed E-state index contributed by atoms with van der Waals surface area (Å²) >= 11 is 0. The molecule has 1 saturated heterocycles. The van der Waals surface area contributed by atoms with Crippen LogP contribution in [0.25, 0.3) is 0 Å². The van der Waals surface area contributed by atoms with Crippen molar-refractivity contribution in [2.24, 2.45) is 0 Å². The third-order valence-electron chi connectivity index (χ3n) is 3.26. The highest BCUT2D eigenvalue weighted by Gasteiger charge is 2.23. The smallest absolute Gasteiger partial charge is 0.315 e. The third-order valence-corrected chi connectivity index (χ3v) is 3.26. The number of nitrogens with one attached hydrogen (secondary N) is 2. The number of hydrogen-bond donors (Lipinski definition) is 2. The van der Waals surface area contributed by atoms with Gasteiger partial charge in [-0.25, -0.2) is 4.79 Å². The van der Waals surface area contributed by atoms with Crippen molar-refractivity contribution in [3.63, 3.8) is 0 Å². The van der Waals surface area contributed by atoms with Gasteiger partial charge in [0.25, 0.3) is 0 Å². The average molecular weight is 212 g/mol. The predicted octanol–water partition coefficient (Wildman–Crippen LogP) is 1.41. The van der Waals surface area contributed by atoms with Gasteiger partial charge in [-0.15, -0.1) is 0 Å². The lowest BCUT2D eigenvalue weighted by atomic mass is 9.93. The van der Waals surface area contributed by atoms with Gasteiger partial charge in [-0.05, 0) is 39.0 Å². The van der Waals surface area contributed by atoms with Crippen LogP contribution in [0, 0.1) is 0 Å². The number of carbonyl (C=O) groups excluding carboxylic acids is 1. The van der Waals surface area contributed by atoms with E-state index < -0.39 is 0 Å². The summed E-state index contributed by atoms with van der Waals surface area (Å²) < 4.78 is 5.43. The molecular weight excluding hydrogens is 192 g/mol. The summed E-state index contributed by atoms with van der Waals surface area (Å²) in [7, 11) is 0. The maximum Gasteiger partial charge on any atom is 0.315 e. The van der Waals surface area contributed by atoms with Crippen LogP contribution in [0.15, 0.2) is 0 Å². The number of urea groups is 1. The molecule has 0 aromatic carbocycles. The fraction of sp³-hybridized carbons (Fsp3) is 0.909. The number of hydrogen-bond acceptors (Lipinski definition) is 2. The Kier molecular flexibility index (Phi) is 3.46. The summed E-state index contributed by atoms with van der Waals surface area (Å²) in [6.07, 6.45) is 5.65. The Morgan fingerprint density at radius 3 is 2.53 bits per heavy atom. The molecule has 2 rings (SSSR count). The summed E-state index contributed by atoms with van der Waals surface area (Å²) in [6, 6.07) is 0.704. The first-order valence-corrected chi connectivity index (χ1v) is 5.92. The third kappa shape index (κ3) is 3.09. The summed E-state index contributed by atoms with van der Waals surface area (Å²) in [5, 5.41) is 6.01. The zero-order valence-electron chi connectivity index (χ0n) is 9.29. The van der Waals surface area contributed by atoms with E-state index in [2.05, 4.69) is 17.6 Å². The molecule has 15 heavy (non-hydrogen) atoms. The maximum absolute atomic E-state index is 11.6. The molecule has 86 valence electrons. The standard InChI is InChI=1S/C11H20N2O2/c1-8-7-10(5-6-15-8)13-11(14)12-9-3-2-4-9/h8-10H,2-7H2,1H3,(H2,12,13,14). The Hall–Kier alpha value is -0.770. The Balaban J connectivity index is 1.68. The van der Waals surface area contributed by atoms with Gasteiger partial charge in [-0.1, -0.05) is 0 Å². The molecule has 2 amide bonds.